The van der Waals surface area contributed by atoms with Gasteiger partial charge < -0.3 is 10.5 Å². The fourth-order valence-corrected chi connectivity index (χ4v) is 2.12. The molecule has 0 aliphatic carbocycles. The van der Waals surface area contributed by atoms with Gasteiger partial charge >= 0.3 is 0 Å². The first kappa shape index (κ1) is 12.0. The van der Waals surface area contributed by atoms with Crippen molar-refractivity contribution in [3.8, 4) is 0 Å². The molecule has 0 saturated carbocycles. The Bertz CT molecular complexity index is 408. The van der Waals surface area contributed by atoms with Crippen molar-refractivity contribution in [1.29, 1.82) is 0 Å². The van der Waals surface area contributed by atoms with Gasteiger partial charge in [-0.2, -0.15) is 0 Å². The summed E-state index contributed by atoms with van der Waals surface area (Å²) in [5.74, 6) is 0.255. The second kappa shape index (κ2) is 5.25. The van der Waals surface area contributed by atoms with Crippen LogP contribution in [0.15, 0.2) is 24.3 Å². The maximum atomic E-state index is 10.7. The van der Waals surface area contributed by atoms with Crippen molar-refractivity contribution in [2.75, 3.05) is 13.2 Å². The smallest absolute Gasteiger partial charge is 0.269 e. The third-order valence-corrected chi connectivity index (χ3v) is 3.15. The van der Waals surface area contributed by atoms with Gasteiger partial charge in [-0.15, -0.1) is 0 Å². The maximum absolute atomic E-state index is 10.7. The minimum atomic E-state index is -0.374. The van der Waals surface area contributed by atoms with Crippen LogP contribution in [0.5, 0.6) is 0 Å². The Kier molecular flexibility index (Phi) is 3.71. The van der Waals surface area contributed by atoms with E-state index in [1.54, 1.807) is 12.1 Å². The van der Waals surface area contributed by atoms with Gasteiger partial charge in [0.2, 0.25) is 0 Å². The average molecular weight is 236 g/mol. The van der Waals surface area contributed by atoms with E-state index < -0.39 is 0 Å². The molecular weight excluding hydrogens is 220 g/mol. The monoisotopic (exact) mass is 236 g/mol. The Labute approximate surface area is 99.7 Å². The molecule has 0 aromatic heterocycles. The standard InChI is InChI=1S/C12H16N2O3/c13-12-4-5-17-8-10(12)6-9-2-1-3-11(7-9)14(15)16/h1-3,7,10,12H,4-6,8,13H2. The topological polar surface area (TPSA) is 78.4 Å². The molecule has 2 atom stereocenters. The van der Waals surface area contributed by atoms with Gasteiger partial charge in [0.1, 0.15) is 0 Å². The van der Waals surface area contributed by atoms with E-state index in [1.165, 1.54) is 6.07 Å². The van der Waals surface area contributed by atoms with Crippen molar-refractivity contribution in [1.82, 2.24) is 0 Å². The van der Waals surface area contributed by atoms with E-state index >= 15 is 0 Å². The lowest BCUT2D eigenvalue weighted by Gasteiger charge is -2.28. The Balaban J connectivity index is 2.07. The highest BCUT2D eigenvalue weighted by atomic mass is 16.6. The first-order valence-corrected chi connectivity index (χ1v) is 5.73. The Hall–Kier alpha value is -1.46. The number of nitrogens with two attached hydrogens (primary N) is 1. The minimum Gasteiger partial charge on any atom is -0.381 e. The first-order valence-electron chi connectivity index (χ1n) is 5.73. The number of hydrogen-bond acceptors (Lipinski definition) is 4. The van der Waals surface area contributed by atoms with Gasteiger partial charge in [0.15, 0.2) is 0 Å². The quantitative estimate of drug-likeness (QED) is 0.637. The van der Waals surface area contributed by atoms with E-state index in [9.17, 15) is 10.1 Å². The Morgan fingerprint density at radius 3 is 3.06 bits per heavy atom. The molecule has 0 bridgehead atoms. The lowest BCUT2D eigenvalue weighted by Crippen LogP contribution is -2.39. The molecule has 0 spiro atoms. The number of non-ortho nitro benzene ring substituents is 1. The van der Waals surface area contributed by atoms with Crippen molar-refractivity contribution in [3.63, 3.8) is 0 Å². The van der Waals surface area contributed by atoms with Crippen LogP contribution in [-0.2, 0) is 11.2 Å². The molecule has 2 unspecified atom stereocenters. The first-order chi connectivity index (χ1) is 8.16. The lowest BCUT2D eigenvalue weighted by atomic mass is 9.90. The van der Waals surface area contributed by atoms with E-state index in [4.69, 9.17) is 10.5 Å². The molecule has 1 aromatic rings. The highest BCUT2D eigenvalue weighted by molar-refractivity contribution is 5.34. The Morgan fingerprint density at radius 1 is 1.53 bits per heavy atom. The van der Waals surface area contributed by atoms with Crippen LogP contribution in [0.4, 0.5) is 5.69 Å². The highest BCUT2D eigenvalue weighted by Gasteiger charge is 2.23. The molecule has 0 amide bonds. The summed E-state index contributed by atoms with van der Waals surface area (Å²) in [4.78, 5) is 10.3. The van der Waals surface area contributed by atoms with Crippen LogP contribution in [0.1, 0.15) is 12.0 Å². The van der Waals surface area contributed by atoms with Gasteiger partial charge in [-0.25, -0.2) is 0 Å². The molecule has 5 nitrogen and oxygen atoms in total. The second-order valence-electron chi connectivity index (χ2n) is 4.42. The van der Waals surface area contributed by atoms with E-state index in [2.05, 4.69) is 0 Å². The number of nitro benzene ring substituents is 1. The lowest BCUT2D eigenvalue weighted by molar-refractivity contribution is -0.384. The SMILES string of the molecule is NC1CCOCC1Cc1cccc([N+](=O)[O-])c1. The Morgan fingerprint density at radius 2 is 2.35 bits per heavy atom. The fourth-order valence-electron chi connectivity index (χ4n) is 2.12. The predicted octanol–water partition coefficient (Wildman–Crippen LogP) is 1.50. The number of benzene rings is 1. The summed E-state index contributed by atoms with van der Waals surface area (Å²) in [5.41, 5.74) is 7.09. The summed E-state index contributed by atoms with van der Waals surface area (Å²) in [6.45, 7) is 1.36. The van der Waals surface area contributed by atoms with Gasteiger partial charge in [0, 0.05) is 30.7 Å². The van der Waals surface area contributed by atoms with Crippen LogP contribution < -0.4 is 5.73 Å². The molecule has 92 valence electrons. The van der Waals surface area contributed by atoms with Crippen LogP contribution in [0.2, 0.25) is 0 Å². The molecular formula is C12H16N2O3. The summed E-state index contributed by atoms with van der Waals surface area (Å²) in [6.07, 6.45) is 1.60. The zero-order valence-electron chi connectivity index (χ0n) is 9.54. The molecule has 1 fully saturated rings. The van der Waals surface area contributed by atoms with Crippen molar-refractivity contribution < 1.29 is 9.66 Å². The number of nitrogens with zero attached hydrogens (tertiary/aromatic N) is 1. The largest absolute Gasteiger partial charge is 0.381 e. The minimum absolute atomic E-state index is 0.128. The number of hydrogen-bond donors (Lipinski definition) is 1. The molecule has 1 heterocycles. The molecule has 0 radical (unpaired) electrons. The maximum Gasteiger partial charge on any atom is 0.269 e. The molecule has 1 aromatic carbocycles. The van der Waals surface area contributed by atoms with Crippen LogP contribution in [0.25, 0.3) is 0 Å². The zero-order valence-corrected chi connectivity index (χ0v) is 9.54. The molecule has 1 saturated heterocycles. The second-order valence-corrected chi connectivity index (χ2v) is 4.42. The molecule has 2 rings (SSSR count). The predicted molar refractivity (Wildman–Crippen MR) is 63.7 cm³/mol. The third kappa shape index (κ3) is 3.01. The molecule has 5 heteroatoms. The number of nitro groups is 1. The van der Waals surface area contributed by atoms with E-state index in [0.717, 1.165) is 18.4 Å². The molecule has 17 heavy (non-hydrogen) atoms. The van der Waals surface area contributed by atoms with E-state index in [-0.39, 0.29) is 22.6 Å². The van der Waals surface area contributed by atoms with Crippen molar-refractivity contribution >= 4 is 5.69 Å². The third-order valence-electron chi connectivity index (χ3n) is 3.15. The summed E-state index contributed by atoms with van der Waals surface area (Å²) in [7, 11) is 0. The number of rotatable bonds is 3. The summed E-state index contributed by atoms with van der Waals surface area (Å²) < 4.78 is 5.39. The summed E-state index contributed by atoms with van der Waals surface area (Å²) >= 11 is 0. The van der Waals surface area contributed by atoms with Crippen LogP contribution in [0.3, 0.4) is 0 Å². The summed E-state index contributed by atoms with van der Waals surface area (Å²) in [6, 6.07) is 6.85. The summed E-state index contributed by atoms with van der Waals surface area (Å²) in [5, 5.41) is 10.7. The van der Waals surface area contributed by atoms with Crippen molar-refractivity contribution in [2.24, 2.45) is 11.7 Å². The van der Waals surface area contributed by atoms with E-state index in [0.29, 0.717) is 13.2 Å². The van der Waals surface area contributed by atoms with Gasteiger partial charge in [-0.3, -0.25) is 10.1 Å². The van der Waals surface area contributed by atoms with Crippen molar-refractivity contribution in [2.45, 2.75) is 18.9 Å². The zero-order chi connectivity index (χ0) is 12.3. The average Bonchev–Trinajstić information content (AvgIpc) is 2.32. The van der Waals surface area contributed by atoms with Crippen molar-refractivity contribution in [3.05, 3.63) is 39.9 Å². The fraction of sp³-hybridized carbons (Fsp3) is 0.500. The van der Waals surface area contributed by atoms with Gasteiger partial charge in [-0.05, 0) is 18.4 Å². The van der Waals surface area contributed by atoms with Crippen LogP contribution >= 0.6 is 0 Å². The molecule has 2 N–H and O–H groups in total. The van der Waals surface area contributed by atoms with Gasteiger partial charge in [0.25, 0.3) is 5.69 Å². The molecule has 1 aliphatic rings. The van der Waals surface area contributed by atoms with Crippen LogP contribution in [0, 0.1) is 16.0 Å². The van der Waals surface area contributed by atoms with Gasteiger partial charge in [0.05, 0.1) is 11.5 Å². The normalized spacial score (nSPS) is 24.5. The van der Waals surface area contributed by atoms with Gasteiger partial charge in [-0.1, -0.05) is 12.1 Å². The van der Waals surface area contributed by atoms with E-state index in [1.807, 2.05) is 6.07 Å². The molecule has 1 aliphatic heterocycles. The number of ether oxygens (including phenoxy) is 1. The van der Waals surface area contributed by atoms with Crippen LogP contribution in [-0.4, -0.2) is 24.2 Å². The highest BCUT2D eigenvalue weighted by Crippen LogP contribution is 2.21.